The van der Waals surface area contributed by atoms with Gasteiger partial charge in [0.2, 0.25) is 0 Å². The highest BCUT2D eigenvalue weighted by molar-refractivity contribution is 5.60. The van der Waals surface area contributed by atoms with Gasteiger partial charge in [0.25, 0.3) is 0 Å². The third kappa shape index (κ3) is 3.58. The minimum atomic E-state index is -2.76. The van der Waals surface area contributed by atoms with Crippen LogP contribution in [0.2, 0.25) is 0 Å². The van der Waals surface area contributed by atoms with E-state index in [0.29, 0.717) is 11.8 Å². The van der Waals surface area contributed by atoms with Crippen molar-refractivity contribution >= 4 is 5.69 Å². The van der Waals surface area contributed by atoms with Gasteiger partial charge >= 0.3 is 6.61 Å². The highest BCUT2D eigenvalue weighted by atomic mass is 19.3. The zero-order valence-electron chi connectivity index (χ0n) is 11.5. The standard InChI is InChI=1S/C15H21F2NO/c1-3-4-10(2)7-11-9-18-14-6-5-12(8-13(11)14)19-15(16)17/h5-6,8,10-11,15,18H,3-4,7,9H2,1-2H3. The summed E-state index contributed by atoms with van der Waals surface area (Å²) < 4.78 is 29.0. The summed E-state index contributed by atoms with van der Waals surface area (Å²) in [5, 5.41) is 3.34. The van der Waals surface area contributed by atoms with Crippen LogP contribution in [0.1, 0.15) is 44.6 Å². The number of rotatable bonds is 6. The molecule has 0 bridgehead atoms. The van der Waals surface area contributed by atoms with E-state index in [-0.39, 0.29) is 5.75 Å². The zero-order valence-corrected chi connectivity index (χ0v) is 11.5. The predicted molar refractivity (Wildman–Crippen MR) is 73.0 cm³/mol. The van der Waals surface area contributed by atoms with Gasteiger partial charge in [-0.15, -0.1) is 0 Å². The van der Waals surface area contributed by atoms with E-state index in [1.54, 1.807) is 12.1 Å². The number of anilines is 1. The molecule has 0 saturated carbocycles. The van der Waals surface area contributed by atoms with Gasteiger partial charge < -0.3 is 10.1 Å². The van der Waals surface area contributed by atoms with Crippen molar-refractivity contribution in [3.63, 3.8) is 0 Å². The van der Waals surface area contributed by atoms with Crippen LogP contribution in [0.5, 0.6) is 5.75 Å². The molecule has 1 heterocycles. The number of halogens is 2. The second kappa shape index (κ2) is 6.22. The Hall–Kier alpha value is -1.32. The SMILES string of the molecule is CCCC(C)CC1CNc2ccc(OC(F)F)cc21. The molecule has 2 atom stereocenters. The zero-order chi connectivity index (χ0) is 13.8. The normalized spacial score (nSPS) is 19.1. The topological polar surface area (TPSA) is 21.3 Å². The van der Waals surface area contributed by atoms with Crippen LogP contribution in [-0.2, 0) is 0 Å². The van der Waals surface area contributed by atoms with E-state index >= 15 is 0 Å². The van der Waals surface area contributed by atoms with Crippen LogP contribution < -0.4 is 10.1 Å². The fourth-order valence-electron chi connectivity index (χ4n) is 2.87. The summed E-state index contributed by atoms with van der Waals surface area (Å²) in [4.78, 5) is 0. The lowest BCUT2D eigenvalue weighted by molar-refractivity contribution is -0.0498. The molecule has 1 aliphatic heterocycles. The fourth-order valence-corrected chi connectivity index (χ4v) is 2.87. The molecule has 0 aliphatic carbocycles. The number of fused-ring (bicyclic) bond motifs is 1. The molecule has 1 aromatic carbocycles. The van der Waals surface area contributed by atoms with E-state index in [1.165, 1.54) is 12.8 Å². The Morgan fingerprint density at radius 3 is 2.89 bits per heavy atom. The summed E-state index contributed by atoms with van der Waals surface area (Å²) in [6.07, 6.45) is 3.48. The second-order valence-corrected chi connectivity index (χ2v) is 5.33. The average Bonchev–Trinajstić information content (AvgIpc) is 2.71. The van der Waals surface area contributed by atoms with Gasteiger partial charge in [0, 0.05) is 18.2 Å². The minimum Gasteiger partial charge on any atom is -0.435 e. The molecule has 0 saturated heterocycles. The number of benzene rings is 1. The Morgan fingerprint density at radius 1 is 1.42 bits per heavy atom. The molecule has 0 radical (unpaired) electrons. The van der Waals surface area contributed by atoms with Crippen LogP contribution in [0.15, 0.2) is 18.2 Å². The van der Waals surface area contributed by atoms with Crippen LogP contribution in [0, 0.1) is 5.92 Å². The van der Waals surface area contributed by atoms with Crippen molar-refractivity contribution in [2.24, 2.45) is 5.92 Å². The Kier molecular flexibility index (Phi) is 4.61. The molecule has 0 aromatic heterocycles. The summed E-state index contributed by atoms with van der Waals surface area (Å²) in [5.74, 6) is 1.31. The Bertz CT molecular complexity index is 423. The second-order valence-electron chi connectivity index (χ2n) is 5.33. The summed E-state index contributed by atoms with van der Waals surface area (Å²) in [7, 11) is 0. The first-order valence-electron chi connectivity index (χ1n) is 6.92. The van der Waals surface area contributed by atoms with Gasteiger partial charge in [-0.25, -0.2) is 0 Å². The maximum Gasteiger partial charge on any atom is 0.387 e. The van der Waals surface area contributed by atoms with Gasteiger partial charge in [0.15, 0.2) is 0 Å². The van der Waals surface area contributed by atoms with Crippen molar-refractivity contribution in [1.82, 2.24) is 0 Å². The molecule has 2 rings (SSSR count). The summed E-state index contributed by atoms with van der Waals surface area (Å²) >= 11 is 0. The molecule has 1 aliphatic rings. The lowest BCUT2D eigenvalue weighted by Crippen LogP contribution is -2.07. The Labute approximate surface area is 113 Å². The molecule has 2 nitrogen and oxygen atoms in total. The van der Waals surface area contributed by atoms with Crippen molar-refractivity contribution in [1.29, 1.82) is 0 Å². The quantitative estimate of drug-likeness (QED) is 0.813. The number of alkyl halides is 2. The molecule has 106 valence electrons. The molecule has 1 aromatic rings. The number of nitrogens with one attached hydrogen (secondary N) is 1. The maximum absolute atomic E-state index is 12.2. The van der Waals surface area contributed by atoms with Gasteiger partial charge in [-0.05, 0) is 36.1 Å². The van der Waals surface area contributed by atoms with Gasteiger partial charge in [-0.1, -0.05) is 26.7 Å². The number of ether oxygens (including phenoxy) is 1. The van der Waals surface area contributed by atoms with E-state index < -0.39 is 6.61 Å². The molecule has 2 unspecified atom stereocenters. The van der Waals surface area contributed by atoms with Crippen LogP contribution in [0.25, 0.3) is 0 Å². The largest absolute Gasteiger partial charge is 0.435 e. The van der Waals surface area contributed by atoms with Crippen LogP contribution in [0.4, 0.5) is 14.5 Å². The van der Waals surface area contributed by atoms with E-state index in [2.05, 4.69) is 23.9 Å². The first-order chi connectivity index (χ1) is 9.10. The summed E-state index contributed by atoms with van der Waals surface area (Å²) in [6.45, 7) is 2.57. The van der Waals surface area contributed by atoms with E-state index in [4.69, 9.17) is 0 Å². The third-order valence-corrected chi connectivity index (χ3v) is 3.70. The molecule has 0 amide bonds. The summed E-state index contributed by atoms with van der Waals surface area (Å²) in [6, 6.07) is 5.18. The lowest BCUT2D eigenvalue weighted by Gasteiger charge is -2.16. The molecule has 0 fully saturated rings. The third-order valence-electron chi connectivity index (χ3n) is 3.70. The summed E-state index contributed by atoms with van der Waals surface area (Å²) in [5.41, 5.74) is 2.16. The Balaban J connectivity index is 2.08. The average molecular weight is 269 g/mol. The minimum absolute atomic E-state index is 0.255. The van der Waals surface area contributed by atoms with Crippen LogP contribution in [-0.4, -0.2) is 13.2 Å². The number of hydrogen-bond acceptors (Lipinski definition) is 2. The van der Waals surface area contributed by atoms with E-state index in [1.807, 2.05) is 6.07 Å². The van der Waals surface area contributed by atoms with E-state index in [0.717, 1.165) is 24.2 Å². The Morgan fingerprint density at radius 2 is 2.21 bits per heavy atom. The fraction of sp³-hybridized carbons (Fsp3) is 0.600. The highest BCUT2D eigenvalue weighted by Gasteiger charge is 2.24. The maximum atomic E-state index is 12.2. The van der Waals surface area contributed by atoms with Gasteiger partial charge in [0.05, 0.1) is 0 Å². The highest BCUT2D eigenvalue weighted by Crippen LogP contribution is 2.38. The van der Waals surface area contributed by atoms with Crippen molar-refractivity contribution < 1.29 is 13.5 Å². The van der Waals surface area contributed by atoms with Crippen LogP contribution >= 0.6 is 0 Å². The molecule has 0 spiro atoms. The first kappa shape index (κ1) is 14.1. The van der Waals surface area contributed by atoms with Crippen molar-refractivity contribution in [2.75, 3.05) is 11.9 Å². The molecular weight excluding hydrogens is 248 g/mol. The molecule has 4 heteroatoms. The van der Waals surface area contributed by atoms with Crippen molar-refractivity contribution in [3.05, 3.63) is 23.8 Å². The first-order valence-corrected chi connectivity index (χ1v) is 6.92. The molecular formula is C15H21F2NO. The van der Waals surface area contributed by atoms with Gasteiger partial charge in [0.1, 0.15) is 5.75 Å². The van der Waals surface area contributed by atoms with Gasteiger partial charge in [-0.3, -0.25) is 0 Å². The monoisotopic (exact) mass is 269 g/mol. The van der Waals surface area contributed by atoms with Crippen LogP contribution in [0.3, 0.4) is 0 Å². The smallest absolute Gasteiger partial charge is 0.387 e. The predicted octanol–water partition coefficient (Wildman–Crippen LogP) is 4.62. The van der Waals surface area contributed by atoms with Crippen molar-refractivity contribution in [2.45, 2.75) is 45.6 Å². The van der Waals surface area contributed by atoms with E-state index in [9.17, 15) is 8.78 Å². The molecule has 19 heavy (non-hydrogen) atoms. The lowest BCUT2D eigenvalue weighted by atomic mass is 9.89. The van der Waals surface area contributed by atoms with Gasteiger partial charge in [-0.2, -0.15) is 8.78 Å². The van der Waals surface area contributed by atoms with Crippen molar-refractivity contribution in [3.8, 4) is 5.75 Å². The molecule has 1 N–H and O–H groups in total. The number of hydrogen-bond donors (Lipinski definition) is 1.